The number of piperidine rings is 2. The number of carbonyl (C=O) groups excluding carboxylic acids is 2. The number of thiophene rings is 1. The molecule has 2 amide bonds. The number of para-hydroxylation sites is 1. The molecule has 0 bridgehead atoms. The molecule has 3 aliphatic rings. The number of β-amino-alcohol motifs (C(OH)–C–C–N with tert-alkyl or cyclic N) is 1. The number of aromatic nitrogens is 6. The smallest absolute Gasteiger partial charge is 0.243 e. The molecule has 5 aromatic heterocycles. The van der Waals surface area contributed by atoms with Crippen molar-refractivity contribution in [1.82, 2.24) is 40.5 Å². The van der Waals surface area contributed by atoms with Gasteiger partial charge in [-0.05, 0) is 105 Å². The van der Waals surface area contributed by atoms with E-state index in [1.807, 2.05) is 88.1 Å². The van der Waals surface area contributed by atoms with Crippen molar-refractivity contribution < 1.29 is 24.3 Å². The van der Waals surface area contributed by atoms with Gasteiger partial charge in [0.05, 0.1) is 33.9 Å². The van der Waals surface area contributed by atoms with Crippen molar-refractivity contribution in [3.63, 3.8) is 0 Å². The number of likely N-dealkylation sites (tertiary alicyclic amines) is 1. The Balaban J connectivity index is 0.723. The first-order chi connectivity index (χ1) is 33.4. The Labute approximate surface area is 409 Å². The Morgan fingerprint density at radius 3 is 2.28 bits per heavy atom. The molecule has 3 aliphatic heterocycles. The number of benzene rings is 2. The third-order valence-electron chi connectivity index (χ3n) is 14.4. The monoisotopic (exact) mass is 966 g/mol. The lowest BCUT2D eigenvalue weighted by Gasteiger charge is -2.33. The van der Waals surface area contributed by atoms with Crippen molar-refractivity contribution >= 4 is 56.5 Å². The first kappa shape index (κ1) is 46.4. The van der Waals surface area contributed by atoms with Crippen molar-refractivity contribution in [2.75, 3.05) is 42.5 Å². The highest BCUT2D eigenvalue weighted by Gasteiger charge is 2.44. The Kier molecular flexibility index (Phi) is 13.2. The summed E-state index contributed by atoms with van der Waals surface area (Å²) in [5, 5.41) is 38.8. The molecule has 69 heavy (non-hydrogen) atoms. The van der Waals surface area contributed by atoms with Crippen molar-refractivity contribution in [3.8, 4) is 27.4 Å². The molecule has 10 rings (SSSR count). The highest BCUT2D eigenvalue weighted by molar-refractivity contribution is 7.19. The molecule has 0 saturated carbocycles. The second-order valence-corrected chi connectivity index (χ2v) is 21.1. The summed E-state index contributed by atoms with van der Waals surface area (Å²) in [6.07, 6.45) is 7.12. The fraction of sp³-hybridized carbons (Fsp3) is 0.423. The van der Waals surface area contributed by atoms with Crippen LogP contribution in [-0.2, 0) is 9.59 Å². The van der Waals surface area contributed by atoms with Gasteiger partial charge in [0.15, 0.2) is 11.6 Å². The van der Waals surface area contributed by atoms with Gasteiger partial charge in [0.1, 0.15) is 22.5 Å². The van der Waals surface area contributed by atoms with Gasteiger partial charge in [0.2, 0.25) is 17.8 Å². The van der Waals surface area contributed by atoms with Crippen LogP contribution in [0.5, 0.6) is 5.75 Å². The zero-order valence-corrected chi connectivity index (χ0v) is 41.2. The molecule has 3 fully saturated rings. The number of hydrogen-bond donors (Lipinski definition) is 3. The van der Waals surface area contributed by atoms with E-state index in [0.29, 0.717) is 34.7 Å². The molecule has 4 atom stereocenters. The second kappa shape index (κ2) is 19.6. The number of phenols is 1. The van der Waals surface area contributed by atoms with E-state index in [1.165, 1.54) is 15.3 Å². The molecule has 0 radical (unpaired) electrons. The molecule has 3 N–H and O–H groups in total. The minimum absolute atomic E-state index is 0.0730. The van der Waals surface area contributed by atoms with Gasteiger partial charge < -0.3 is 34.8 Å². The summed E-state index contributed by atoms with van der Waals surface area (Å²) < 4.78 is 5.92. The van der Waals surface area contributed by atoms with Gasteiger partial charge in [-0.2, -0.15) is 0 Å². The van der Waals surface area contributed by atoms with Crippen molar-refractivity contribution in [3.05, 3.63) is 112 Å². The fourth-order valence-electron chi connectivity index (χ4n) is 10.4. The Morgan fingerprint density at radius 2 is 1.58 bits per heavy atom. The highest BCUT2D eigenvalue weighted by Crippen LogP contribution is 2.42. The molecule has 0 aliphatic carbocycles. The normalized spacial score (nSPS) is 19.1. The van der Waals surface area contributed by atoms with Crippen LogP contribution >= 0.6 is 22.7 Å². The SMILES string of the molecule is Cc1ncsc1-c1ccc([C@H](C)NC(=O)[C@@H]2C[C@@H](O)CN2C(=O)C(c2cc(N3CCC(c4cnc(N5CCC(c6sc7nnc(-c8ccccc8O)cc7c6C)CC5)nc4)CC3)no2)C(C)C)cc1. The number of fused-ring (bicyclic) bond motifs is 1. The van der Waals surface area contributed by atoms with E-state index >= 15 is 0 Å². The zero-order chi connectivity index (χ0) is 47.9. The first-order valence-corrected chi connectivity index (χ1v) is 25.7. The zero-order valence-electron chi connectivity index (χ0n) is 39.6. The largest absolute Gasteiger partial charge is 0.507 e. The van der Waals surface area contributed by atoms with E-state index < -0.39 is 18.1 Å². The summed E-state index contributed by atoms with van der Waals surface area (Å²) in [4.78, 5) is 51.6. The number of aromatic hydroxyl groups is 1. The summed E-state index contributed by atoms with van der Waals surface area (Å²) in [5.41, 5.74) is 8.57. The summed E-state index contributed by atoms with van der Waals surface area (Å²) in [6.45, 7) is 13.4. The van der Waals surface area contributed by atoms with Gasteiger partial charge in [0, 0.05) is 73.4 Å². The lowest BCUT2D eigenvalue weighted by Crippen LogP contribution is -2.48. The third kappa shape index (κ3) is 9.43. The van der Waals surface area contributed by atoms with E-state index in [1.54, 1.807) is 34.8 Å². The van der Waals surface area contributed by atoms with Gasteiger partial charge in [-0.15, -0.1) is 32.9 Å². The molecule has 1 unspecified atom stereocenters. The standard InChI is InChI=1S/C52H58N10O5S2/c1-29(2)46(51(66)62-27-38(63)22-42(62)49(65)56-31(4)33-10-12-35(13-11-33)48-32(5)55-28-68-48)44-24-45(59-67-44)60-18-14-34(15-19-60)37-25-53-52(54-26-37)61-20-16-36(17-21-61)47-30(3)40-23-41(57-58-50(40)69-47)39-8-6-7-9-43(39)64/h6-13,23-26,28-29,31,34,36,38,42,46,63-64H,14-22,27H2,1-5H3,(H,56,65)/t31-,38+,42-,46?/m0/s1. The highest BCUT2D eigenvalue weighted by atomic mass is 32.1. The molecular formula is C52H58N10O5S2. The quantitative estimate of drug-likeness (QED) is 0.105. The average Bonchev–Trinajstić information content (AvgIpc) is 4.19. The maximum Gasteiger partial charge on any atom is 0.243 e. The van der Waals surface area contributed by atoms with Gasteiger partial charge >= 0.3 is 0 Å². The summed E-state index contributed by atoms with van der Waals surface area (Å²) in [7, 11) is 0. The minimum Gasteiger partial charge on any atom is -0.507 e. The van der Waals surface area contributed by atoms with Crippen LogP contribution in [0.2, 0.25) is 0 Å². The minimum atomic E-state index is -0.811. The lowest BCUT2D eigenvalue weighted by molar-refractivity contribution is -0.141. The molecular weight excluding hydrogens is 909 g/mol. The fourth-order valence-corrected chi connectivity index (χ4v) is 12.5. The summed E-state index contributed by atoms with van der Waals surface area (Å²) in [5.74, 6) is 1.47. The molecule has 3 saturated heterocycles. The number of anilines is 2. The Bertz CT molecular complexity index is 2940. The van der Waals surface area contributed by atoms with Crippen molar-refractivity contribution in [1.29, 1.82) is 0 Å². The maximum atomic E-state index is 14.4. The average molecular weight is 967 g/mol. The molecule has 0 spiro atoms. The maximum absolute atomic E-state index is 14.4. The van der Waals surface area contributed by atoms with Gasteiger partial charge in [-0.25, -0.2) is 15.0 Å². The predicted octanol–water partition coefficient (Wildman–Crippen LogP) is 8.93. The number of nitrogens with one attached hydrogen (secondary N) is 1. The summed E-state index contributed by atoms with van der Waals surface area (Å²) >= 11 is 3.33. The number of rotatable bonds is 12. The van der Waals surface area contributed by atoms with E-state index in [-0.39, 0.29) is 42.5 Å². The van der Waals surface area contributed by atoms with Crippen LogP contribution in [0.25, 0.3) is 31.9 Å². The molecule has 17 heteroatoms. The number of aryl methyl sites for hydroxylation is 2. The summed E-state index contributed by atoms with van der Waals surface area (Å²) in [6, 6.07) is 18.1. The lowest BCUT2D eigenvalue weighted by atomic mass is 9.90. The topological polar surface area (TPSA) is 187 Å². The molecule has 15 nitrogen and oxygen atoms in total. The number of phenolic OH excluding ortho intramolecular Hbond substituents is 1. The Hall–Kier alpha value is -6.30. The van der Waals surface area contributed by atoms with Crippen LogP contribution < -0.4 is 15.1 Å². The molecule has 8 heterocycles. The van der Waals surface area contributed by atoms with E-state index in [9.17, 15) is 19.8 Å². The number of carbonyl (C=O) groups is 2. The second-order valence-electron chi connectivity index (χ2n) is 19.2. The van der Waals surface area contributed by atoms with Crippen LogP contribution in [0.3, 0.4) is 0 Å². The van der Waals surface area contributed by atoms with E-state index in [0.717, 1.165) is 95.3 Å². The van der Waals surface area contributed by atoms with Gasteiger partial charge in [-0.3, -0.25) is 9.59 Å². The number of thiazole rings is 1. The number of amides is 2. The van der Waals surface area contributed by atoms with Crippen LogP contribution in [0.15, 0.2) is 83.1 Å². The van der Waals surface area contributed by atoms with Crippen molar-refractivity contribution in [2.24, 2.45) is 5.92 Å². The van der Waals surface area contributed by atoms with E-state index in [4.69, 9.17) is 14.5 Å². The van der Waals surface area contributed by atoms with Crippen LogP contribution in [0.4, 0.5) is 11.8 Å². The molecule has 7 aromatic rings. The number of hydrogen-bond acceptors (Lipinski definition) is 15. The molecule has 2 aromatic carbocycles. The third-order valence-corrected chi connectivity index (χ3v) is 16.7. The number of aliphatic hydroxyl groups is 1. The van der Waals surface area contributed by atoms with Crippen molar-refractivity contribution in [2.45, 2.75) is 103 Å². The van der Waals surface area contributed by atoms with Crippen LogP contribution in [0, 0.1) is 19.8 Å². The number of aliphatic hydroxyl groups excluding tert-OH is 1. The van der Waals surface area contributed by atoms with Crippen LogP contribution in [-0.4, -0.2) is 102 Å². The molecule has 358 valence electrons. The predicted molar refractivity (Wildman–Crippen MR) is 269 cm³/mol. The van der Waals surface area contributed by atoms with Crippen LogP contribution in [0.1, 0.15) is 110 Å². The van der Waals surface area contributed by atoms with E-state index in [2.05, 4.69) is 48.4 Å². The number of nitrogens with zero attached hydrogens (tertiary/aromatic N) is 9. The van der Waals surface area contributed by atoms with Gasteiger partial charge in [-0.1, -0.05) is 55.4 Å². The Morgan fingerprint density at radius 1 is 0.870 bits per heavy atom. The van der Waals surface area contributed by atoms with Gasteiger partial charge in [0.25, 0.3) is 0 Å². The first-order valence-electron chi connectivity index (χ1n) is 24.0.